The van der Waals surface area contributed by atoms with Crippen molar-refractivity contribution < 1.29 is 5.11 Å². The van der Waals surface area contributed by atoms with Crippen molar-refractivity contribution in [1.82, 2.24) is 0 Å². The van der Waals surface area contributed by atoms with E-state index in [1.54, 1.807) is 0 Å². The minimum atomic E-state index is 0.403. The van der Waals surface area contributed by atoms with Gasteiger partial charge in [0.25, 0.3) is 0 Å². The van der Waals surface area contributed by atoms with Gasteiger partial charge in [0.1, 0.15) is 5.75 Å². The number of hydrogen-bond acceptors (Lipinski definition) is 1. The molecule has 0 spiro atoms. The van der Waals surface area contributed by atoms with Crippen LogP contribution in [0.2, 0.25) is 0 Å². The summed E-state index contributed by atoms with van der Waals surface area (Å²) in [6.45, 7) is 0. The molecule has 1 N–H and O–H groups in total. The third kappa shape index (κ3) is 1.20. The normalized spacial score (nSPS) is 42.9. The van der Waals surface area contributed by atoms with Crippen LogP contribution in [0.15, 0.2) is 24.3 Å². The Kier molecular flexibility index (Phi) is 1.93. The Morgan fingerprint density at radius 3 is 2.71 bits per heavy atom. The van der Waals surface area contributed by atoms with Gasteiger partial charge in [-0.1, -0.05) is 18.6 Å². The first kappa shape index (κ1) is 9.99. The predicted octanol–water partition coefficient (Wildman–Crippen LogP) is 3.86. The molecule has 0 radical (unpaired) electrons. The van der Waals surface area contributed by atoms with E-state index in [1.807, 2.05) is 12.1 Å². The molecule has 0 heterocycles. The molecule has 3 aliphatic rings. The van der Waals surface area contributed by atoms with Gasteiger partial charge in [-0.3, -0.25) is 0 Å². The van der Waals surface area contributed by atoms with E-state index in [2.05, 4.69) is 12.1 Å². The minimum absolute atomic E-state index is 0.403. The maximum Gasteiger partial charge on any atom is 0.115 e. The smallest absolute Gasteiger partial charge is 0.115 e. The third-order valence-electron chi connectivity index (χ3n) is 5.91. The maximum atomic E-state index is 9.45. The summed E-state index contributed by atoms with van der Waals surface area (Å²) in [5, 5.41) is 9.45. The van der Waals surface area contributed by atoms with Gasteiger partial charge in [0.05, 0.1) is 0 Å². The summed E-state index contributed by atoms with van der Waals surface area (Å²) >= 11 is 0. The first-order valence-corrected chi connectivity index (χ1v) is 7.09. The number of benzene rings is 1. The Balaban J connectivity index is 1.78. The molecule has 1 aromatic carbocycles. The molecule has 1 heteroatoms. The van der Waals surface area contributed by atoms with Crippen LogP contribution in [0.25, 0.3) is 0 Å². The van der Waals surface area contributed by atoms with Crippen molar-refractivity contribution in [2.24, 2.45) is 17.8 Å². The van der Waals surface area contributed by atoms with E-state index in [4.69, 9.17) is 0 Å². The molecule has 3 saturated carbocycles. The van der Waals surface area contributed by atoms with Gasteiger partial charge in [0, 0.05) is 0 Å². The zero-order valence-corrected chi connectivity index (χ0v) is 10.2. The van der Waals surface area contributed by atoms with Gasteiger partial charge in [-0.2, -0.15) is 0 Å². The second kappa shape index (κ2) is 3.28. The molecule has 0 saturated heterocycles. The monoisotopic (exact) mass is 228 g/mol. The topological polar surface area (TPSA) is 20.2 Å². The highest BCUT2D eigenvalue weighted by molar-refractivity contribution is 5.36. The van der Waals surface area contributed by atoms with Crippen LogP contribution in [0, 0.1) is 17.8 Å². The number of hydrogen-bond donors (Lipinski definition) is 1. The van der Waals surface area contributed by atoms with Gasteiger partial charge in [0.15, 0.2) is 0 Å². The number of rotatable bonds is 1. The Morgan fingerprint density at radius 2 is 1.88 bits per heavy atom. The molecule has 90 valence electrons. The quantitative estimate of drug-likeness (QED) is 0.774. The van der Waals surface area contributed by atoms with Crippen LogP contribution < -0.4 is 0 Å². The fraction of sp³-hybridized carbons (Fsp3) is 0.625. The lowest BCUT2D eigenvalue weighted by atomic mass is 9.68. The van der Waals surface area contributed by atoms with Gasteiger partial charge in [-0.25, -0.2) is 0 Å². The van der Waals surface area contributed by atoms with Crippen molar-refractivity contribution in [2.45, 2.75) is 43.9 Å². The van der Waals surface area contributed by atoms with Gasteiger partial charge < -0.3 is 5.11 Å². The highest BCUT2D eigenvalue weighted by Crippen LogP contribution is 2.66. The van der Waals surface area contributed by atoms with Gasteiger partial charge in [0.2, 0.25) is 0 Å². The van der Waals surface area contributed by atoms with Crippen LogP contribution in [0.5, 0.6) is 5.75 Å². The largest absolute Gasteiger partial charge is 0.508 e. The number of fused-ring (bicyclic) bond motifs is 5. The number of phenolic OH excluding ortho intramolecular Hbond substituents is 1. The van der Waals surface area contributed by atoms with Crippen LogP contribution in [-0.4, -0.2) is 5.11 Å². The summed E-state index contributed by atoms with van der Waals surface area (Å²) in [7, 11) is 0. The van der Waals surface area contributed by atoms with E-state index in [0.29, 0.717) is 11.2 Å². The van der Waals surface area contributed by atoms with Crippen molar-refractivity contribution in [3.8, 4) is 5.75 Å². The average Bonchev–Trinajstić information content (AvgIpc) is 3.02. The molecule has 2 bridgehead atoms. The molecule has 17 heavy (non-hydrogen) atoms. The highest BCUT2D eigenvalue weighted by Gasteiger charge is 2.59. The zero-order chi connectivity index (χ0) is 11.5. The highest BCUT2D eigenvalue weighted by atomic mass is 16.3. The van der Waals surface area contributed by atoms with Crippen molar-refractivity contribution in [2.75, 3.05) is 0 Å². The van der Waals surface area contributed by atoms with Gasteiger partial charge in [-0.05, 0) is 73.0 Å². The molecule has 0 amide bonds. The molecular formula is C16H20O. The average molecular weight is 228 g/mol. The molecule has 1 nitrogen and oxygen atoms in total. The van der Waals surface area contributed by atoms with E-state index in [1.165, 1.54) is 44.1 Å². The molecule has 3 aliphatic carbocycles. The molecule has 4 atom stereocenters. The standard InChI is InChI=1S/C16H20O/c17-13-6-4-12(5-7-13)16-9-8-11(10-16)14-2-1-3-15(14)16/h4-7,11,14-15,17H,1-3,8-10H2. The fourth-order valence-corrected chi connectivity index (χ4v) is 5.33. The summed E-state index contributed by atoms with van der Waals surface area (Å²) in [5.74, 6) is 3.39. The molecule has 0 aromatic heterocycles. The second-order valence-corrected chi connectivity index (χ2v) is 6.41. The van der Waals surface area contributed by atoms with Crippen LogP contribution in [0.3, 0.4) is 0 Å². The first-order valence-electron chi connectivity index (χ1n) is 7.09. The SMILES string of the molecule is Oc1ccc(C23CCC(C2)C2CCCC23)cc1. The van der Waals surface area contributed by atoms with Crippen molar-refractivity contribution >= 4 is 0 Å². The summed E-state index contributed by atoms with van der Waals surface area (Å²) in [6.07, 6.45) is 8.64. The number of phenols is 1. The Bertz CT molecular complexity index is 435. The molecule has 0 aliphatic heterocycles. The summed E-state index contributed by atoms with van der Waals surface area (Å²) in [4.78, 5) is 0. The zero-order valence-electron chi connectivity index (χ0n) is 10.2. The van der Waals surface area contributed by atoms with E-state index in [0.717, 1.165) is 17.8 Å². The van der Waals surface area contributed by atoms with E-state index < -0.39 is 0 Å². The fourth-order valence-electron chi connectivity index (χ4n) is 5.33. The van der Waals surface area contributed by atoms with E-state index >= 15 is 0 Å². The van der Waals surface area contributed by atoms with E-state index in [9.17, 15) is 5.11 Å². The van der Waals surface area contributed by atoms with Crippen LogP contribution in [0.1, 0.15) is 44.1 Å². The summed E-state index contributed by atoms with van der Waals surface area (Å²) in [6, 6.07) is 8.11. The molecule has 4 unspecified atom stereocenters. The van der Waals surface area contributed by atoms with Gasteiger partial charge >= 0.3 is 0 Å². The lowest BCUT2D eigenvalue weighted by molar-refractivity contribution is 0.226. The Labute approximate surface area is 103 Å². The van der Waals surface area contributed by atoms with Crippen molar-refractivity contribution in [1.29, 1.82) is 0 Å². The lowest BCUT2D eigenvalue weighted by Crippen LogP contribution is -2.31. The lowest BCUT2D eigenvalue weighted by Gasteiger charge is -2.36. The van der Waals surface area contributed by atoms with E-state index in [-0.39, 0.29) is 0 Å². The molecule has 3 fully saturated rings. The summed E-state index contributed by atoms with van der Waals surface area (Å²) < 4.78 is 0. The second-order valence-electron chi connectivity index (χ2n) is 6.41. The minimum Gasteiger partial charge on any atom is -0.508 e. The maximum absolute atomic E-state index is 9.45. The first-order chi connectivity index (χ1) is 8.29. The number of aromatic hydroxyl groups is 1. The van der Waals surface area contributed by atoms with Crippen LogP contribution in [0.4, 0.5) is 0 Å². The molecular weight excluding hydrogens is 208 g/mol. The van der Waals surface area contributed by atoms with Gasteiger partial charge in [-0.15, -0.1) is 0 Å². The van der Waals surface area contributed by atoms with Crippen LogP contribution in [-0.2, 0) is 5.41 Å². The molecule has 4 rings (SSSR count). The third-order valence-corrected chi connectivity index (χ3v) is 5.91. The summed E-state index contributed by atoms with van der Waals surface area (Å²) in [5.41, 5.74) is 1.99. The van der Waals surface area contributed by atoms with Crippen molar-refractivity contribution in [3.63, 3.8) is 0 Å². The Morgan fingerprint density at radius 1 is 1.06 bits per heavy atom. The Hall–Kier alpha value is -0.980. The predicted molar refractivity (Wildman–Crippen MR) is 68.0 cm³/mol. The molecule has 1 aromatic rings. The van der Waals surface area contributed by atoms with Crippen molar-refractivity contribution in [3.05, 3.63) is 29.8 Å². The van der Waals surface area contributed by atoms with Crippen LogP contribution >= 0.6 is 0 Å².